The number of thiocarbonyl (C=S) groups is 1. The lowest BCUT2D eigenvalue weighted by atomic mass is 10.1. The Morgan fingerprint density at radius 2 is 2.04 bits per heavy atom. The highest BCUT2D eigenvalue weighted by Crippen LogP contribution is 2.28. The second-order valence-electron chi connectivity index (χ2n) is 6.66. The summed E-state index contributed by atoms with van der Waals surface area (Å²) in [5, 5.41) is 6.84. The average molecular weight is 397 g/mol. The van der Waals surface area contributed by atoms with E-state index in [9.17, 15) is 0 Å². The number of anilines is 1. The number of hydrogen-bond donors (Lipinski definition) is 0. The van der Waals surface area contributed by atoms with Crippen molar-refractivity contribution < 1.29 is 0 Å². The fourth-order valence-electron chi connectivity index (χ4n) is 2.58. The van der Waals surface area contributed by atoms with Crippen LogP contribution in [0.2, 0.25) is 0 Å². The molecule has 1 unspecified atom stereocenters. The Labute approximate surface area is 173 Å². The molecule has 4 heteroatoms. The molecule has 0 spiro atoms. The Morgan fingerprint density at radius 1 is 1.33 bits per heavy atom. The first-order valence-electron chi connectivity index (χ1n) is 9.26. The van der Waals surface area contributed by atoms with Crippen LogP contribution in [-0.2, 0) is 0 Å². The van der Waals surface area contributed by atoms with Crippen molar-refractivity contribution in [1.29, 1.82) is 0 Å². The third kappa shape index (κ3) is 6.64. The Balaban J connectivity index is 2.24. The summed E-state index contributed by atoms with van der Waals surface area (Å²) in [7, 11) is 0. The summed E-state index contributed by atoms with van der Waals surface area (Å²) in [6.07, 6.45) is 12.5. The van der Waals surface area contributed by atoms with Crippen LogP contribution in [0, 0.1) is 0 Å². The summed E-state index contributed by atoms with van der Waals surface area (Å²) in [5.74, 6) is 0. The minimum absolute atomic E-state index is 0.327. The average Bonchev–Trinajstić information content (AvgIpc) is 3.15. The Kier molecular flexibility index (Phi) is 8.26. The van der Waals surface area contributed by atoms with Gasteiger partial charge in [0.1, 0.15) is 0 Å². The third-order valence-corrected chi connectivity index (χ3v) is 5.49. The maximum atomic E-state index is 5.23. The number of allylic oxidation sites excluding steroid dienone is 5. The predicted octanol–water partition coefficient (Wildman–Crippen LogP) is 7.16. The zero-order chi connectivity index (χ0) is 19.8. The van der Waals surface area contributed by atoms with Gasteiger partial charge in [-0.05, 0) is 68.5 Å². The Hall–Kier alpha value is -1.91. The number of benzene rings is 1. The first-order chi connectivity index (χ1) is 12.9. The lowest BCUT2D eigenvalue weighted by Gasteiger charge is -2.25. The molecule has 0 saturated carbocycles. The van der Waals surface area contributed by atoms with E-state index in [4.69, 9.17) is 17.3 Å². The molecule has 27 heavy (non-hydrogen) atoms. The normalized spacial score (nSPS) is 15.1. The van der Waals surface area contributed by atoms with Crippen molar-refractivity contribution in [2.75, 3.05) is 5.01 Å². The quantitative estimate of drug-likeness (QED) is 0.201. The van der Waals surface area contributed by atoms with Crippen LogP contribution in [-0.4, -0.2) is 16.5 Å². The second-order valence-corrected chi connectivity index (χ2v) is 8.79. The van der Waals surface area contributed by atoms with Gasteiger partial charge in [0.05, 0.1) is 11.9 Å². The van der Waals surface area contributed by atoms with Crippen LogP contribution in [0.4, 0.5) is 5.69 Å². The molecule has 1 atom stereocenters. The van der Waals surface area contributed by atoms with Crippen LogP contribution in [0.15, 0.2) is 70.2 Å². The van der Waals surface area contributed by atoms with Gasteiger partial charge in [-0.1, -0.05) is 67.8 Å². The molecular formula is C23H28N2S2. The molecule has 0 bridgehead atoms. The van der Waals surface area contributed by atoms with E-state index in [1.807, 2.05) is 20.1 Å². The van der Waals surface area contributed by atoms with Crippen molar-refractivity contribution in [1.82, 2.24) is 0 Å². The van der Waals surface area contributed by atoms with Gasteiger partial charge < -0.3 is 0 Å². The molecule has 2 rings (SSSR count). The van der Waals surface area contributed by atoms with Crippen LogP contribution in [0.3, 0.4) is 0 Å². The molecule has 0 aliphatic heterocycles. The second kappa shape index (κ2) is 10.4. The van der Waals surface area contributed by atoms with Crippen LogP contribution in [0.5, 0.6) is 0 Å². The minimum atomic E-state index is 0.327. The van der Waals surface area contributed by atoms with Crippen molar-refractivity contribution in [2.45, 2.75) is 46.6 Å². The highest BCUT2D eigenvalue weighted by Gasteiger charge is 2.12. The van der Waals surface area contributed by atoms with Crippen LogP contribution >= 0.6 is 24.0 Å². The molecule has 1 aromatic rings. The fourth-order valence-corrected chi connectivity index (χ4v) is 3.53. The number of rotatable bonds is 8. The van der Waals surface area contributed by atoms with Crippen molar-refractivity contribution in [3.05, 3.63) is 70.7 Å². The van der Waals surface area contributed by atoms with E-state index in [2.05, 4.69) is 74.0 Å². The zero-order valence-electron chi connectivity index (χ0n) is 16.6. The molecule has 0 saturated heterocycles. The number of hydrazone groups is 1. The highest BCUT2D eigenvalue weighted by atomic mass is 32.2. The Bertz CT molecular complexity index is 798. The molecular weight excluding hydrogens is 368 g/mol. The lowest BCUT2D eigenvalue weighted by molar-refractivity contribution is 0.637. The summed E-state index contributed by atoms with van der Waals surface area (Å²) in [5.41, 5.74) is 4.42. The Morgan fingerprint density at radius 3 is 2.56 bits per heavy atom. The molecule has 0 fully saturated rings. The zero-order valence-corrected chi connectivity index (χ0v) is 18.2. The van der Waals surface area contributed by atoms with Gasteiger partial charge in [0.15, 0.2) is 0 Å². The van der Waals surface area contributed by atoms with Gasteiger partial charge in [-0.15, -0.1) is 0 Å². The molecule has 0 radical (unpaired) electrons. The summed E-state index contributed by atoms with van der Waals surface area (Å²) >= 11 is 6.82. The minimum Gasteiger partial charge on any atom is -0.263 e. The maximum Gasteiger partial charge on any atom is 0.0597 e. The molecule has 1 aliphatic carbocycles. The first-order valence-corrected chi connectivity index (χ1v) is 10.5. The molecule has 1 aliphatic rings. The van der Waals surface area contributed by atoms with E-state index >= 15 is 0 Å². The summed E-state index contributed by atoms with van der Waals surface area (Å²) in [4.78, 5) is 1.10. The van der Waals surface area contributed by atoms with E-state index in [0.717, 1.165) is 38.8 Å². The molecule has 0 heterocycles. The van der Waals surface area contributed by atoms with E-state index in [-0.39, 0.29) is 0 Å². The molecule has 0 amide bonds. The lowest BCUT2D eigenvalue weighted by Crippen LogP contribution is -2.27. The fraction of sp³-hybridized carbons (Fsp3) is 0.304. The van der Waals surface area contributed by atoms with E-state index < -0.39 is 0 Å². The van der Waals surface area contributed by atoms with Crippen molar-refractivity contribution >= 4 is 46.2 Å². The van der Waals surface area contributed by atoms with Gasteiger partial charge >= 0.3 is 0 Å². The summed E-state index contributed by atoms with van der Waals surface area (Å²) in [6, 6.07) is 8.82. The van der Waals surface area contributed by atoms with E-state index in [1.165, 1.54) is 5.57 Å². The number of thioether (sulfide) groups is 1. The topological polar surface area (TPSA) is 15.6 Å². The van der Waals surface area contributed by atoms with Gasteiger partial charge in [0, 0.05) is 15.1 Å². The molecule has 1 aromatic carbocycles. The summed E-state index contributed by atoms with van der Waals surface area (Å²) < 4.78 is 0.897. The molecule has 0 aromatic heterocycles. The maximum absolute atomic E-state index is 5.23. The number of hydrogen-bond acceptors (Lipinski definition) is 4. The standard InChI is InChI=1S/C23H28N2S2/c1-6-18(4)25(24-16-21-9-7-8-10-21)22-13-11-20(12-14-22)15-23(17(2)3)27-19(5)26/h7,9-16,18H,2,6,8H2,1,3-5H3/b23-15+,24-16+. The van der Waals surface area contributed by atoms with Gasteiger partial charge in [0.2, 0.25) is 0 Å². The SMILES string of the molecule is C=C(C)/C(=C\c1ccc(N(/N=C/C2=CCC=C2)C(C)CC)cc1)SC(C)=S. The van der Waals surface area contributed by atoms with Gasteiger partial charge in [0.25, 0.3) is 0 Å². The van der Waals surface area contributed by atoms with Crippen molar-refractivity contribution in [3.8, 4) is 0 Å². The molecule has 2 nitrogen and oxygen atoms in total. The van der Waals surface area contributed by atoms with Gasteiger partial charge in [-0.3, -0.25) is 5.01 Å². The molecule has 0 N–H and O–H groups in total. The van der Waals surface area contributed by atoms with Crippen molar-refractivity contribution in [2.24, 2.45) is 5.10 Å². The smallest absolute Gasteiger partial charge is 0.0597 e. The highest BCUT2D eigenvalue weighted by molar-refractivity contribution is 8.25. The predicted molar refractivity (Wildman–Crippen MR) is 128 cm³/mol. The van der Waals surface area contributed by atoms with Crippen LogP contribution in [0.25, 0.3) is 6.08 Å². The first kappa shape index (κ1) is 21.4. The summed E-state index contributed by atoms with van der Waals surface area (Å²) in [6.45, 7) is 12.4. The van der Waals surface area contributed by atoms with Crippen LogP contribution in [0.1, 0.15) is 46.1 Å². The van der Waals surface area contributed by atoms with Gasteiger partial charge in [-0.2, -0.15) is 5.10 Å². The molecule has 142 valence electrons. The van der Waals surface area contributed by atoms with E-state index in [1.54, 1.807) is 11.8 Å². The largest absolute Gasteiger partial charge is 0.263 e. The van der Waals surface area contributed by atoms with Gasteiger partial charge in [-0.25, -0.2) is 0 Å². The number of nitrogens with zero attached hydrogens (tertiary/aromatic N) is 2. The van der Waals surface area contributed by atoms with Crippen molar-refractivity contribution in [3.63, 3.8) is 0 Å². The monoisotopic (exact) mass is 396 g/mol. The third-order valence-electron chi connectivity index (χ3n) is 4.27. The van der Waals surface area contributed by atoms with Crippen LogP contribution < -0.4 is 5.01 Å². The van der Waals surface area contributed by atoms with E-state index in [0.29, 0.717) is 6.04 Å².